The Labute approximate surface area is 117 Å². The van der Waals surface area contributed by atoms with Gasteiger partial charge in [-0.1, -0.05) is 6.07 Å². The first-order chi connectivity index (χ1) is 9.86. The van der Waals surface area contributed by atoms with Crippen molar-refractivity contribution in [3.63, 3.8) is 0 Å². The number of fused-ring (bicyclic) bond motifs is 1. The lowest BCUT2D eigenvalue weighted by molar-refractivity contribution is 0.210. The van der Waals surface area contributed by atoms with E-state index in [1.165, 1.54) is 5.39 Å². The van der Waals surface area contributed by atoms with Gasteiger partial charge in [0.25, 0.3) is 0 Å². The fourth-order valence-corrected chi connectivity index (χ4v) is 2.07. The van der Waals surface area contributed by atoms with Crippen LogP contribution in [-0.4, -0.2) is 35.2 Å². The molecule has 1 aromatic carbocycles. The first kappa shape index (κ1) is 12.6. The topological polar surface area (TPSA) is 62.8 Å². The van der Waals surface area contributed by atoms with E-state index in [1.807, 2.05) is 18.6 Å². The molecule has 0 radical (unpaired) electrons. The molecule has 2 aromatic heterocycles. The third-order valence-corrected chi connectivity index (χ3v) is 3.13. The molecule has 0 spiro atoms. The maximum atomic E-state index is 4.97. The molecule has 102 valence electrons. The molecule has 3 rings (SSSR count). The summed E-state index contributed by atoms with van der Waals surface area (Å²) in [5.41, 5.74) is 3.25. The smallest absolute Gasteiger partial charge is 0.222 e. The summed E-state index contributed by atoms with van der Waals surface area (Å²) in [7, 11) is 1.67. The summed E-state index contributed by atoms with van der Waals surface area (Å²) < 4.78 is 4.97. The zero-order valence-corrected chi connectivity index (χ0v) is 11.3. The quantitative estimate of drug-likeness (QED) is 0.698. The summed E-state index contributed by atoms with van der Waals surface area (Å²) >= 11 is 0. The molecule has 5 nitrogen and oxygen atoms in total. The zero-order valence-electron chi connectivity index (χ0n) is 11.3. The molecule has 2 heterocycles. The molecule has 0 saturated heterocycles. The van der Waals surface area contributed by atoms with Crippen LogP contribution in [0.15, 0.2) is 42.9 Å². The van der Waals surface area contributed by atoms with E-state index in [1.54, 1.807) is 7.11 Å². The van der Waals surface area contributed by atoms with Crippen molar-refractivity contribution in [3.05, 3.63) is 42.9 Å². The first-order valence-corrected chi connectivity index (χ1v) is 6.49. The minimum absolute atomic E-state index is 0.619. The molecular formula is C15H16N4O. The molecule has 5 heteroatoms. The van der Waals surface area contributed by atoms with Gasteiger partial charge in [-0.3, -0.25) is 0 Å². The molecule has 0 aliphatic carbocycles. The van der Waals surface area contributed by atoms with Crippen molar-refractivity contribution < 1.29 is 4.74 Å². The summed E-state index contributed by atoms with van der Waals surface area (Å²) in [6.07, 6.45) is 5.60. The molecule has 0 unspecified atom stereocenters. The minimum Gasteiger partial charge on any atom is -0.383 e. The number of H-pyrrole nitrogens is 1. The molecule has 20 heavy (non-hydrogen) atoms. The van der Waals surface area contributed by atoms with Crippen molar-refractivity contribution in [1.29, 1.82) is 0 Å². The fourth-order valence-electron chi connectivity index (χ4n) is 2.07. The first-order valence-electron chi connectivity index (χ1n) is 6.49. The number of hydrogen-bond donors (Lipinski definition) is 2. The van der Waals surface area contributed by atoms with Crippen molar-refractivity contribution in [2.24, 2.45) is 0 Å². The fraction of sp³-hybridized carbons (Fsp3) is 0.200. The monoisotopic (exact) mass is 268 g/mol. The van der Waals surface area contributed by atoms with E-state index in [4.69, 9.17) is 4.74 Å². The van der Waals surface area contributed by atoms with E-state index < -0.39 is 0 Å². The minimum atomic E-state index is 0.619. The largest absolute Gasteiger partial charge is 0.383 e. The molecule has 0 bridgehead atoms. The zero-order chi connectivity index (χ0) is 13.8. The van der Waals surface area contributed by atoms with Gasteiger partial charge >= 0.3 is 0 Å². The number of anilines is 1. The lowest BCUT2D eigenvalue weighted by Gasteiger charge is -2.05. The number of nitrogens with one attached hydrogen (secondary N) is 2. The highest BCUT2D eigenvalue weighted by Crippen LogP contribution is 2.23. The summed E-state index contributed by atoms with van der Waals surface area (Å²) in [6, 6.07) is 8.31. The van der Waals surface area contributed by atoms with Gasteiger partial charge in [0.05, 0.1) is 6.61 Å². The van der Waals surface area contributed by atoms with Gasteiger partial charge in [0.1, 0.15) is 0 Å². The van der Waals surface area contributed by atoms with Crippen molar-refractivity contribution in [2.75, 3.05) is 25.6 Å². The van der Waals surface area contributed by atoms with Crippen LogP contribution in [0.1, 0.15) is 0 Å². The number of hydrogen-bond acceptors (Lipinski definition) is 4. The average molecular weight is 268 g/mol. The second-order valence-electron chi connectivity index (χ2n) is 4.49. The van der Waals surface area contributed by atoms with E-state index >= 15 is 0 Å². The van der Waals surface area contributed by atoms with Gasteiger partial charge in [-0.2, -0.15) is 0 Å². The lowest BCUT2D eigenvalue weighted by atomic mass is 10.1. The van der Waals surface area contributed by atoms with E-state index in [2.05, 4.69) is 44.5 Å². The van der Waals surface area contributed by atoms with Crippen LogP contribution < -0.4 is 5.32 Å². The van der Waals surface area contributed by atoms with E-state index in [0.29, 0.717) is 19.1 Å². The van der Waals surface area contributed by atoms with Crippen molar-refractivity contribution in [2.45, 2.75) is 0 Å². The highest BCUT2D eigenvalue weighted by atomic mass is 16.5. The normalized spacial score (nSPS) is 10.8. The van der Waals surface area contributed by atoms with E-state index in [9.17, 15) is 0 Å². The number of benzene rings is 1. The molecule has 0 atom stereocenters. The van der Waals surface area contributed by atoms with Gasteiger partial charge in [0, 0.05) is 43.3 Å². The maximum Gasteiger partial charge on any atom is 0.222 e. The van der Waals surface area contributed by atoms with Crippen molar-refractivity contribution >= 4 is 16.9 Å². The average Bonchev–Trinajstić information content (AvgIpc) is 2.96. The van der Waals surface area contributed by atoms with Crippen LogP contribution in [-0.2, 0) is 4.74 Å². The Balaban J connectivity index is 1.79. The van der Waals surface area contributed by atoms with Crippen LogP contribution in [0.3, 0.4) is 0 Å². The summed E-state index contributed by atoms with van der Waals surface area (Å²) in [4.78, 5) is 11.8. The molecule has 0 amide bonds. The number of nitrogens with zero attached hydrogens (tertiary/aromatic N) is 2. The summed E-state index contributed by atoms with van der Waals surface area (Å²) in [6.45, 7) is 1.33. The Hall–Kier alpha value is -2.40. The third kappa shape index (κ3) is 2.62. The molecule has 0 aliphatic heterocycles. The molecular weight excluding hydrogens is 252 g/mol. The van der Waals surface area contributed by atoms with Crippen molar-refractivity contribution in [1.82, 2.24) is 15.0 Å². The van der Waals surface area contributed by atoms with Gasteiger partial charge in [-0.25, -0.2) is 9.97 Å². The van der Waals surface area contributed by atoms with Crippen LogP contribution >= 0.6 is 0 Å². The molecule has 3 aromatic rings. The Kier molecular flexibility index (Phi) is 3.60. The predicted molar refractivity (Wildman–Crippen MR) is 79.7 cm³/mol. The second-order valence-corrected chi connectivity index (χ2v) is 4.49. The van der Waals surface area contributed by atoms with Crippen LogP contribution in [0.4, 0.5) is 5.95 Å². The Morgan fingerprint density at radius 1 is 1.15 bits per heavy atom. The van der Waals surface area contributed by atoms with Crippen LogP contribution in [0, 0.1) is 0 Å². The molecule has 0 fully saturated rings. The Bertz CT molecular complexity index is 690. The predicted octanol–water partition coefficient (Wildman–Crippen LogP) is 2.68. The van der Waals surface area contributed by atoms with Crippen LogP contribution in [0.2, 0.25) is 0 Å². The lowest BCUT2D eigenvalue weighted by Crippen LogP contribution is -2.09. The van der Waals surface area contributed by atoms with Gasteiger partial charge in [-0.15, -0.1) is 0 Å². The summed E-state index contributed by atoms with van der Waals surface area (Å²) in [5, 5.41) is 4.28. The number of rotatable bonds is 5. The SMILES string of the molecule is COCCNc1ncc(-c2ccc3[nH]ccc3c2)cn1. The van der Waals surface area contributed by atoms with E-state index in [0.717, 1.165) is 16.6 Å². The highest BCUT2D eigenvalue weighted by molar-refractivity contribution is 5.84. The number of ether oxygens (including phenoxy) is 1. The molecule has 2 N–H and O–H groups in total. The molecule has 0 saturated carbocycles. The molecule has 0 aliphatic rings. The number of aromatic amines is 1. The summed E-state index contributed by atoms with van der Waals surface area (Å²) in [5.74, 6) is 0.619. The van der Waals surface area contributed by atoms with Crippen molar-refractivity contribution in [3.8, 4) is 11.1 Å². The standard InChI is InChI=1S/C15H16N4O/c1-20-7-6-17-15-18-9-13(10-19-15)11-2-3-14-12(8-11)4-5-16-14/h2-5,8-10,16H,6-7H2,1H3,(H,17,18,19). The van der Waals surface area contributed by atoms with Crippen LogP contribution in [0.25, 0.3) is 22.0 Å². The number of aromatic nitrogens is 3. The van der Waals surface area contributed by atoms with Crippen LogP contribution in [0.5, 0.6) is 0 Å². The van der Waals surface area contributed by atoms with Gasteiger partial charge in [0.15, 0.2) is 0 Å². The maximum absolute atomic E-state index is 4.97. The number of methoxy groups -OCH3 is 1. The Morgan fingerprint density at radius 3 is 2.80 bits per heavy atom. The van der Waals surface area contributed by atoms with E-state index in [-0.39, 0.29) is 0 Å². The van der Waals surface area contributed by atoms with Gasteiger partial charge in [0.2, 0.25) is 5.95 Å². The third-order valence-electron chi connectivity index (χ3n) is 3.13. The van der Waals surface area contributed by atoms with Gasteiger partial charge < -0.3 is 15.0 Å². The Morgan fingerprint density at radius 2 is 2.00 bits per heavy atom. The highest BCUT2D eigenvalue weighted by Gasteiger charge is 2.02. The van der Waals surface area contributed by atoms with Gasteiger partial charge in [-0.05, 0) is 29.1 Å². The second kappa shape index (κ2) is 5.71.